The van der Waals surface area contributed by atoms with E-state index in [1.165, 1.54) is 6.07 Å². The Morgan fingerprint density at radius 2 is 2.11 bits per heavy atom. The monoisotopic (exact) mass is 247 g/mol. The standard InChI is InChI=1S/C13H13NO4/c15-8-4-7-11-9-12(14-18-11)13(16)17-10-5-2-1-3-6-10/h1-3,5-6,9,15H,4,7-8H2. The number of aliphatic hydroxyl groups excluding tert-OH is 1. The lowest BCUT2D eigenvalue weighted by Crippen LogP contribution is -2.08. The van der Waals surface area contributed by atoms with E-state index >= 15 is 0 Å². The Kier molecular flexibility index (Phi) is 4.09. The van der Waals surface area contributed by atoms with Crippen LogP contribution in [0.1, 0.15) is 22.7 Å². The van der Waals surface area contributed by atoms with E-state index in [1.807, 2.05) is 6.07 Å². The minimum Gasteiger partial charge on any atom is -0.422 e. The molecule has 0 fully saturated rings. The molecule has 5 heteroatoms. The van der Waals surface area contributed by atoms with Gasteiger partial charge in [-0.15, -0.1) is 0 Å². The number of carbonyl (C=O) groups excluding carboxylic acids is 1. The second kappa shape index (κ2) is 5.97. The number of para-hydroxylation sites is 1. The number of aryl methyl sites for hydroxylation is 1. The van der Waals surface area contributed by atoms with Crippen molar-refractivity contribution in [3.8, 4) is 5.75 Å². The SMILES string of the molecule is O=C(Oc1ccccc1)c1cc(CCCO)on1. The first-order chi connectivity index (χ1) is 8.79. The van der Waals surface area contributed by atoms with Crippen LogP contribution in [0.25, 0.3) is 0 Å². The number of carbonyl (C=O) groups is 1. The van der Waals surface area contributed by atoms with E-state index in [1.54, 1.807) is 24.3 Å². The predicted octanol–water partition coefficient (Wildman–Crippen LogP) is 1.82. The molecule has 0 bridgehead atoms. The number of esters is 1. The van der Waals surface area contributed by atoms with Crippen LogP contribution in [-0.4, -0.2) is 22.8 Å². The number of aromatic nitrogens is 1. The summed E-state index contributed by atoms with van der Waals surface area (Å²) in [4.78, 5) is 11.7. The molecule has 94 valence electrons. The van der Waals surface area contributed by atoms with Crippen LogP contribution < -0.4 is 4.74 Å². The molecule has 1 N–H and O–H groups in total. The summed E-state index contributed by atoms with van der Waals surface area (Å²) in [7, 11) is 0. The van der Waals surface area contributed by atoms with Crippen molar-refractivity contribution in [2.45, 2.75) is 12.8 Å². The third-order valence-corrected chi connectivity index (χ3v) is 2.30. The molecule has 0 radical (unpaired) electrons. The lowest BCUT2D eigenvalue weighted by atomic mass is 10.2. The summed E-state index contributed by atoms with van der Waals surface area (Å²) < 4.78 is 10.1. The van der Waals surface area contributed by atoms with Crippen molar-refractivity contribution in [2.24, 2.45) is 0 Å². The number of hydrogen-bond donors (Lipinski definition) is 1. The average molecular weight is 247 g/mol. The van der Waals surface area contributed by atoms with Crippen LogP contribution in [0.2, 0.25) is 0 Å². The first kappa shape index (κ1) is 12.3. The Morgan fingerprint density at radius 3 is 2.83 bits per heavy atom. The van der Waals surface area contributed by atoms with Crippen molar-refractivity contribution < 1.29 is 19.2 Å². The smallest absolute Gasteiger partial charge is 0.365 e. The normalized spacial score (nSPS) is 10.3. The highest BCUT2D eigenvalue weighted by Crippen LogP contribution is 2.12. The zero-order chi connectivity index (χ0) is 12.8. The second-order valence-electron chi connectivity index (χ2n) is 3.71. The van der Waals surface area contributed by atoms with Gasteiger partial charge in [0.25, 0.3) is 0 Å². The van der Waals surface area contributed by atoms with Gasteiger partial charge in [-0.05, 0) is 18.6 Å². The Morgan fingerprint density at radius 1 is 1.33 bits per heavy atom. The molecular weight excluding hydrogens is 234 g/mol. The molecule has 0 saturated heterocycles. The van der Waals surface area contributed by atoms with Gasteiger partial charge in [-0.25, -0.2) is 4.79 Å². The molecule has 18 heavy (non-hydrogen) atoms. The molecule has 0 aliphatic heterocycles. The van der Waals surface area contributed by atoms with Crippen molar-refractivity contribution in [3.63, 3.8) is 0 Å². The fourth-order valence-corrected chi connectivity index (χ4v) is 1.43. The minimum atomic E-state index is -0.555. The van der Waals surface area contributed by atoms with Gasteiger partial charge < -0.3 is 14.4 Å². The maximum Gasteiger partial charge on any atom is 0.365 e. The summed E-state index contributed by atoms with van der Waals surface area (Å²) >= 11 is 0. The van der Waals surface area contributed by atoms with Gasteiger partial charge in [0.2, 0.25) is 0 Å². The molecule has 0 saturated carbocycles. The van der Waals surface area contributed by atoms with Crippen LogP contribution in [0.4, 0.5) is 0 Å². The van der Waals surface area contributed by atoms with E-state index in [0.717, 1.165) is 0 Å². The van der Waals surface area contributed by atoms with Gasteiger partial charge in [-0.1, -0.05) is 23.4 Å². The van der Waals surface area contributed by atoms with Crippen LogP contribution in [0, 0.1) is 0 Å². The summed E-state index contributed by atoms with van der Waals surface area (Å²) in [5.41, 5.74) is 0.131. The van der Waals surface area contributed by atoms with Crippen molar-refractivity contribution in [2.75, 3.05) is 6.61 Å². The zero-order valence-electron chi connectivity index (χ0n) is 9.70. The van der Waals surface area contributed by atoms with Gasteiger partial charge in [0.05, 0.1) is 0 Å². The van der Waals surface area contributed by atoms with E-state index < -0.39 is 5.97 Å². The lowest BCUT2D eigenvalue weighted by molar-refractivity contribution is 0.0724. The van der Waals surface area contributed by atoms with Crippen LogP contribution in [0.15, 0.2) is 40.9 Å². The van der Waals surface area contributed by atoms with Gasteiger partial charge in [-0.2, -0.15) is 0 Å². The summed E-state index contributed by atoms with van der Waals surface area (Å²) in [5, 5.41) is 12.3. The van der Waals surface area contributed by atoms with Crippen molar-refractivity contribution in [1.29, 1.82) is 0 Å². The van der Waals surface area contributed by atoms with Crippen molar-refractivity contribution in [3.05, 3.63) is 47.9 Å². The molecule has 0 atom stereocenters. The molecular formula is C13H13NO4. The van der Waals surface area contributed by atoms with Crippen molar-refractivity contribution >= 4 is 5.97 Å². The maximum absolute atomic E-state index is 11.7. The van der Waals surface area contributed by atoms with E-state index in [2.05, 4.69) is 5.16 Å². The molecule has 1 heterocycles. The highest BCUT2D eigenvalue weighted by molar-refractivity contribution is 5.88. The Bertz CT molecular complexity index is 507. The molecule has 2 rings (SSSR count). The molecule has 0 aliphatic rings. The highest BCUT2D eigenvalue weighted by Gasteiger charge is 2.14. The number of hydrogen-bond acceptors (Lipinski definition) is 5. The van der Waals surface area contributed by atoms with Gasteiger partial charge >= 0.3 is 5.97 Å². The van der Waals surface area contributed by atoms with E-state index in [9.17, 15) is 4.79 Å². The van der Waals surface area contributed by atoms with Gasteiger partial charge in [0, 0.05) is 19.1 Å². The largest absolute Gasteiger partial charge is 0.422 e. The molecule has 1 aromatic carbocycles. The summed E-state index contributed by atoms with van der Waals surface area (Å²) in [6.45, 7) is 0.0739. The third-order valence-electron chi connectivity index (χ3n) is 2.30. The fourth-order valence-electron chi connectivity index (χ4n) is 1.43. The highest BCUT2D eigenvalue weighted by atomic mass is 16.5. The number of ether oxygens (including phenoxy) is 1. The zero-order valence-corrected chi connectivity index (χ0v) is 9.70. The van der Waals surface area contributed by atoms with Crippen LogP contribution in [0.5, 0.6) is 5.75 Å². The molecule has 1 aromatic heterocycles. The van der Waals surface area contributed by atoms with Crippen LogP contribution in [-0.2, 0) is 6.42 Å². The molecule has 0 amide bonds. The number of nitrogens with zero attached hydrogens (tertiary/aromatic N) is 1. The quantitative estimate of drug-likeness (QED) is 0.644. The third kappa shape index (κ3) is 3.18. The van der Waals surface area contributed by atoms with E-state index in [0.29, 0.717) is 24.4 Å². The van der Waals surface area contributed by atoms with Crippen LogP contribution >= 0.6 is 0 Å². The second-order valence-corrected chi connectivity index (χ2v) is 3.71. The van der Waals surface area contributed by atoms with E-state index in [-0.39, 0.29) is 12.3 Å². The minimum absolute atomic E-state index is 0.0739. The Labute approximate surface area is 104 Å². The Balaban J connectivity index is 1.99. The predicted molar refractivity (Wildman–Crippen MR) is 63.3 cm³/mol. The van der Waals surface area contributed by atoms with Crippen LogP contribution in [0.3, 0.4) is 0 Å². The molecule has 0 spiro atoms. The summed E-state index contributed by atoms with van der Waals surface area (Å²) in [5.74, 6) is 0.465. The molecule has 0 aliphatic carbocycles. The maximum atomic E-state index is 11.7. The van der Waals surface area contributed by atoms with E-state index in [4.69, 9.17) is 14.4 Å². The van der Waals surface area contributed by atoms with Crippen molar-refractivity contribution in [1.82, 2.24) is 5.16 Å². The van der Waals surface area contributed by atoms with Gasteiger partial charge in [-0.3, -0.25) is 0 Å². The topological polar surface area (TPSA) is 72.6 Å². The lowest BCUT2D eigenvalue weighted by Gasteiger charge is -1.99. The fraction of sp³-hybridized carbons (Fsp3) is 0.231. The van der Waals surface area contributed by atoms with Gasteiger partial charge in [0.1, 0.15) is 11.5 Å². The number of rotatable bonds is 5. The molecule has 0 unspecified atom stereocenters. The first-order valence-corrected chi connectivity index (χ1v) is 5.63. The Hall–Kier alpha value is -2.14. The summed E-state index contributed by atoms with van der Waals surface area (Å²) in [6, 6.07) is 10.3. The number of benzene rings is 1. The average Bonchev–Trinajstić information content (AvgIpc) is 2.86. The first-order valence-electron chi connectivity index (χ1n) is 5.63. The molecule has 5 nitrogen and oxygen atoms in total. The molecule has 2 aromatic rings. The van der Waals surface area contributed by atoms with Gasteiger partial charge in [0.15, 0.2) is 5.69 Å². The summed E-state index contributed by atoms with van der Waals surface area (Å²) in [6.07, 6.45) is 1.12. The number of aliphatic hydroxyl groups is 1.